The molecule has 1 aliphatic heterocycles. The summed E-state index contributed by atoms with van der Waals surface area (Å²) in [7, 11) is -0.686. The molecule has 0 aromatic carbocycles. The Bertz CT molecular complexity index is 308. The van der Waals surface area contributed by atoms with Crippen molar-refractivity contribution in [2.45, 2.75) is 32.2 Å². The van der Waals surface area contributed by atoms with Gasteiger partial charge in [0.2, 0.25) is 0 Å². The largest absolute Gasteiger partial charge is 0.313 e. The lowest BCUT2D eigenvalue weighted by Crippen LogP contribution is -2.36. The molecule has 1 unspecified atom stereocenters. The van der Waals surface area contributed by atoms with Crippen LogP contribution in [0.15, 0.2) is 0 Å². The fourth-order valence-corrected chi connectivity index (χ4v) is 3.42. The number of likely N-dealkylation sites (tertiary alicyclic amines) is 1. The molecule has 0 bridgehead atoms. The summed E-state index contributed by atoms with van der Waals surface area (Å²) in [6.07, 6.45) is 5.02. The Balaban J connectivity index is 2.11. The highest BCUT2D eigenvalue weighted by atomic mass is 32.2. The van der Waals surface area contributed by atoms with E-state index in [-0.39, 0.29) is 11.8 Å². The highest BCUT2D eigenvalue weighted by Crippen LogP contribution is 2.18. The van der Waals surface area contributed by atoms with Gasteiger partial charge in [-0.3, -0.25) is 0 Å². The maximum absolute atomic E-state index is 11.1. The molecule has 4 nitrogen and oxygen atoms in total. The Morgan fingerprint density at radius 1 is 1.35 bits per heavy atom. The molecule has 1 rings (SSSR count). The zero-order valence-corrected chi connectivity index (χ0v) is 12.1. The average Bonchev–Trinajstić information content (AvgIpc) is 2.18. The predicted octanol–water partition coefficient (Wildman–Crippen LogP) is 0.741. The first-order chi connectivity index (χ1) is 7.87. The first kappa shape index (κ1) is 14.9. The van der Waals surface area contributed by atoms with Crippen molar-refractivity contribution in [3.05, 3.63) is 0 Å². The Morgan fingerprint density at radius 2 is 1.94 bits per heavy atom. The van der Waals surface area contributed by atoms with Gasteiger partial charge in [0.25, 0.3) is 0 Å². The molecule has 0 aliphatic carbocycles. The van der Waals surface area contributed by atoms with Gasteiger partial charge in [0.05, 0.1) is 5.75 Å². The summed E-state index contributed by atoms with van der Waals surface area (Å²) in [5.41, 5.74) is 0. The number of sulfone groups is 1. The Labute approximate surface area is 106 Å². The maximum Gasteiger partial charge on any atom is 0.148 e. The van der Waals surface area contributed by atoms with Crippen LogP contribution in [0, 0.1) is 5.92 Å². The number of nitrogens with one attached hydrogen (secondary N) is 1. The van der Waals surface area contributed by atoms with Crippen molar-refractivity contribution in [2.75, 3.05) is 38.7 Å². The van der Waals surface area contributed by atoms with Gasteiger partial charge in [-0.25, -0.2) is 8.42 Å². The van der Waals surface area contributed by atoms with Crippen molar-refractivity contribution in [1.82, 2.24) is 10.2 Å². The molecule has 0 spiro atoms. The SMILES string of the molecule is CC(CS(C)(=O)=O)NCCC1CCN(C)CC1. The van der Waals surface area contributed by atoms with Gasteiger partial charge in [-0.05, 0) is 58.8 Å². The molecule has 1 N–H and O–H groups in total. The third kappa shape index (κ3) is 7.01. The first-order valence-electron chi connectivity index (χ1n) is 6.46. The second-order valence-electron chi connectivity index (χ2n) is 5.48. The van der Waals surface area contributed by atoms with Crippen molar-refractivity contribution in [3.63, 3.8) is 0 Å². The van der Waals surface area contributed by atoms with E-state index in [9.17, 15) is 8.42 Å². The lowest BCUT2D eigenvalue weighted by atomic mass is 9.94. The summed E-state index contributed by atoms with van der Waals surface area (Å²) in [5, 5.41) is 3.30. The third-order valence-electron chi connectivity index (χ3n) is 3.44. The minimum atomic E-state index is -2.86. The van der Waals surface area contributed by atoms with Crippen molar-refractivity contribution < 1.29 is 8.42 Å². The number of nitrogens with zero attached hydrogens (tertiary/aromatic N) is 1. The normalized spacial score (nSPS) is 21.6. The van der Waals surface area contributed by atoms with E-state index in [0.29, 0.717) is 0 Å². The Kier molecular flexibility index (Phi) is 5.89. The topological polar surface area (TPSA) is 49.4 Å². The molecular weight excluding hydrogens is 236 g/mol. The van der Waals surface area contributed by atoms with E-state index >= 15 is 0 Å². The molecule has 0 saturated carbocycles. The van der Waals surface area contributed by atoms with E-state index in [2.05, 4.69) is 17.3 Å². The van der Waals surface area contributed by atoms with Crippen LogP contribution in [0.1, 0.15) is 26.2 Å². The zero-order chi connectivity index (χ0) is 12.9. The predicted molar refractivity (Wildman–Crippen MR) is 72.0 cm³/mol. The minimum Gasteiger partial charge on any atom is -0.313 e. The first-order valence-corrected chi connectivity index (χ1v) is 8.52. The van der Waals surface area contributed by atoms with Crippen LogP contribution in [0.3, 0.4) is 0 Å². The number of hydrogen-bond donors (Lipinski definition) is 1. The molecule has 1 fully saturated rings. The summed E-state index contributed by atoms with van der Waals surface area (Å²) in [4.78, 5) is 2.37. The van der Waals surface area contributed by atoms with Crippen LogP contribution >= 0.6 is 0 Å². The van der Waals surface area contributed by atoms with Gasteiger partial charge in [0.1, 0.15) is 9.84 Å². The van der Waals surface area contributed by atoms with Crippen LogP contribution in [-0.4, -0.2) is 58.1 Å². The molecule has 1 aliphatic rings. The summed E-state index contributed by atoms with van der Waals surface area (Å²) >= 11 is 0. The van der Waals surface area contributed by atoms with Crippen molar-refractivity contribution in [2.24, 2.45) is 5.92 Å². The van der Waals surface area contributed by atoms with Crippen LogP contribution < -0.4 is 5.32 Å². The van der Waals surface area contributed by atoms with Crippen LogP contribution in [-0.2, 0) is 9.84 Å². The van der Waals surface area contributed by atoms with E-state index in [1.165, 1.54) is 38.6 Å². The maximum atomic E-state index is 11.1. The van der Waals surface area contributed by atoms with Crippen molar-refractivity contribution >= 4 is 9.84 Å². The zero-order valence-electron chi connectivity index (χ0n) is 11.3. The molecule has 17 heavy (non-hydrogen) atoms. The molecule has 1 saturated heterocycles. The fourth-order valence-electron chi connectivity index (χ4n) is 2.40. The fraction of sp³-hybridized carbons (Fsp3) is 1.00. The van der Waals surface area contributed by atoms with Crippen molar-refractivity contribution in [3.8, 4) is 0 Å². The molecule has 0 amide bonds. The van der Waals surface area contributed by atoms with E-state index in [4.69, 9.17) is 0 Å². The van der Waals surface area contributed by atoms with Gasteiger partial charge < -0.3 is 10.2 Å². The second kappa shape index (κ2) is 6.71. The smallest absolute Gasteiger partial charge is 0.148 e. The van der Waals surface area contributed by atoms with Crippen LogP contribution in [0.25, 0.3) is 0 Å². The quantitative estimate of drug-likeness (QED) is 0.767. The molecule has 1 heterocycles. The monoisotopic (exact) mass is 262 g/mol. The van der Waals surface area contributed by atoms with E-state index in [1.54, 1.807) is 0 Å². The number of piperidine rings is 1. The lowest BCUT2D eigenvalue weighted by Gasteiger charge is -2.29. The van der Waals surface area contributed by atoms with Gasteiger partial charge in [-0.1, -0.05) is 0 Å². The Morgan fingerprint density at radius 3 is 2.47 bits per heavy atom. The van der Waals surface area contributed by atoms with E-state index in [0.717, 1.165) is 12.5 Å². The summed E-state index contributed by atoms with van der Waals surface area (Å²) < 4.78 is 22.2. The van der Waals surface area contributed by atoms with Gasteiger partial charge in [-0.2, -0.15) is 0 Å². The molecule has 102 valence electrons. The molecular formula is C12H26N2O2S. The van der Waals surface area contributed by atoms with Gasteiger partial charge in [-0.15, -0.1) is 0 Å². The highest BCUT2D eigenvalue weighted by Gasteiger charge is 2.16. The van der Waals surface area contributed by atoms with Crippen LogP contribution in [0.5, 0.6) is 0 Å². The molecule has 5 heteroatoms. The standard InChI is InChI=1S/C12H26N2O2S/c1-11(10-17(3,15)16)13-7-4-12-5-8-14(2)9-6-12/h11-13H,4-10H2,1-3H3. The van der Waals surface area contributed by atoms with E-state index in [1.807, 2.05) is 6.92 Å². The third-order valence-corrected chi connectivity index (χ3v) is 4.54. The summed E-state index contributed by atoms with van der Waals surface area (Å²) in [6, 6.07) is 0.0660. The van der Waals surface area contributed by atoms with Gasteiger partial charge in [0.15, 0.2) is 0 Å². The van der Waals surface area contributed by atoms with Gasteiger partial charge >= 0.3 is 0 Å². The van der Waals surface area contributed by atoms with E-state index < -0.39 is 9.84 Å². The summed E-state index contributed by atoms with van der Waals surface area (Å²) in [6.45, 7) is 5.27. The summed E-state index contributed by atoms with van der Waals surface area (Å²) in [5.74, 6) is 1.05. The van der Waals surface area contributed by atoms with Crippen molar-refractivity contribution in [1.29, 1.82) is 0 Å². The van der Waals surface area contributed by atoms with Crippen LogP contribution in [0.4, 0.5) is 0 Å². The average molecular weight is 262 g/mol. The minimum absolute atomic E-state index is 0.0660. The second-order valence-corrected chi connectivity index (χ2v) is 7.67. The molecule has 0 aromatic heterocycles. The van der Waals surface area contributed by atoms with Gasteiger partial charge in [0, 0.05) is 12.3 Å². The lowest BCUT2D eigenvalue weighted by molar-refractivity contribution is 0.211. The molecule has 0 radical (unpaired) electrons. The number of hydrogen-bond acceptors (Lipinski definition) is 4. The van der Waals surface area contributed by atoms with Crippen LogP contribution in [0.2, 0.25) is 0 Å². The molecule has 1 atom stereocenters. The number of rotatable bonds is 6. The molecule has 0 aromatic rings. The Hall–Kier alpha value is -0.130. The highest BCUT2D eigenvalue weighted by molar-refractivity contribution is 7.90.